The van der Waals surface area contributed by atoms with Crippen LogP contribution < -0.4 is 0 Å². The summed E-state index contributed by atoms with van der Waals surface area (Å²) in [4.78, 5) is 18.5. The molecule has 0 amide bonds. The summed E-state index contributed by atoms with van der Waals surface area (Å²) in [5, 5.41) is 17.8. The van der Waals surface area contributed by atoms with Gasteiger partial charge in [0.25, 0.3) is 0 Å². The Balaban J connectivity index is 2.84. The summed E-state index contributed by atoms with van der Waals surface area (Å²) in [6, 6.07) is 0. The van der Waals surface area contributed by atoms with E-state index in [1.165, 1.54) is 0 Å². The van der Waals surface area contributed by atoms with E-state index in [-0.39, 0.29) is 10.1 Å². The summed E-state index contributed by atoms with van der Waals surface area (Å²) >= 11 is 36.2. The molecule has 0 spiro atoms. The average molecular weight is 389 g/mol. The van der Waals surface area contributed by atoms with Crippen molar-refractivity contribution in [3.05, 3.63) is 10.1 Å². The van der Waals surface area contributed by atoms with Crippen LogP contribution in [0.2, 0.25) is 0 Å². The predicted octanol–water partition coefficient (Wildman–Crippen LogP) is 3.23. The summed E-state index contributed by atoms with van der Waals surface area (Å²) in [7, 11) is 0. The molecule has 2 rings (SSSR count). The number of fused-ring (bicyclic) bond motifs is 2. The van der Waals surface area contributed by atoms with Gasteiger partial charge in [0, 0.05) is 0 Å². The Morgan fingerprint density at radius 3 is 1.32 bits per heavy atom. The Morgan fingerprint density at radius 1 is 0.842 bits per heavy atom. The Bertz CT molecular complexity index is 487. The lowest BCUT2D eigenvalue weighted by molar-refractivity contribution is -0.153. The minimum absolute atomic E-state index is 0.347. The van der Waals surface area contributed by atoms with E-state index in [2.05, 4.69) is 0 Å². The molecule has 0 aliphatic heterocycles. The van der Waals surface area contributed by atoms with Gasteiger partial charge in [-0.3, -0.25) is 9.59 Å². The monoisotopic (exact) mass is 386 g/mol. The molecule has 0 aromatic rings. The van der Waals surface area contributed by atoms with Gasteiger partial charge in [-0.2, -0.15) is 0 Å². The van der Waals surface area contributed by atoms with Crippen molar-refractivity contribution in [1.29, 1.82) is 0 Å². The van der Waals surface area contributed by atoms with Crippen LogP contribution in [0.1, 0.15) is 0 Å². The highest BCUT2D eigenvalue weighted by Gasteiger charge is 2.85. The Morgan fingerprint density at radius 2 is 1.11 bits per heavy atom. The van der Waals surface area contributed by atoms with Crippen LogP contribution in [0.5, 0.6) is 0 Å². The number of hydrogen-bond acceptors (Lipinski definition) is 2. The van der Waals surface area contributed by atoms with Crippen molar-refractivity contribution >= 4 is 81.5 Å². The minimum Gasteiger partial charge on any atom is -0.481 e. The van der Waals surface area contributed by atoms with Crippen LogP contribution in [-0.2, 0) is 9.59 Å². The Hall–Kier alpha value is 0.420. The van der Waals surface area contributed by atoms with Gasteiger partial charge in [0.05, 0.1) is 21.9 Å². The van der Waals surface area contributed by atoms with Crippen molar-refractivity contribution in [1.82, 2.24) is 0 Å². The van der Waals surface area contributed by atoms with E-state index >= 15 is 0 Å². The van der Waals surface area contributed by atoms with Crippen molar-refractivity contribution in [2.45, 2.75) is 14.1 Å². The van der Waals surface area contributed by atoms with E-state index in [9.17, 15) is 19.8 Å². The summed E-state index contributed by atoms with van der Waals surface area (Å²) < 4.78 is -2.18. The number of rotatable bonds is 2. The third kappa shape index (κ3) is 1.46. The fraction of sp³-hybridized carbons (Fsp3) is 0.556. The van der Waals surface area contributed by atoms with E-state index in [0.29, 0.717) is 0 Å². The second-order valence-electron chi connectivity index (χ2n) is 4.26. The smallest absolute Gasteiger partial charge is 0.309 e. The van der Waals surface area contributed by atoms with Gasteiger partial charge in [0.15, 0.2) is 4.33 Å². The quantitative estimate of drug-likeness (QED) is 0.712. The maximum Gasteiger partial charge on any atom is 0.309 e. The van der Waals surface area contributed by atoms with Gasteiger partial charge in [-0.15, -0.1) is 23.2 Å². The predicted molar refractivity (Wildman–Crippen MR) is 72.6 cm³/mol. The van der Waals surface area contributed by atoms with Gasteiger partial charge in [-0.25, -0.2) is 0 Å². The molecule has 4 nitrogen and oxygen atoms in total. The SMILES string of the molecule is O=C(O)[C@@H]1[C@H](C(=O)O)[C@@]2(Cl)C(Cl)=C(Cl)[C@]1(Cl)C2(Cl)Cl. The fourth-order valence-electron chi connectivity index (χ4n) is 2.61. The number of carboxylic acid groups (broad SMARTS) is 2. The van der Waals surface area contributed by atoms with Crippen molar-refractivity contribution in [3.8, 4) is 0 Å². The number of carboxylic acids is 2. The first-order chi connectivity index (χ1) is 8.45. The zero-order valence-corrected chi connectivity index (χ0v) is 13.2. The minimum atomic E-state index is -2.18. The topological polar surface area (TPSA) is 74.6 Å². The molecule has 2 N–H and O–H groups in total. The molecule has 0 heterocycles. The Kier molecular flexibility index (Phi) is 3.50. The third-order valence-corrected chi connectivity index (χ3v) is 7.73. The number of aliphatic carboxylic acids is 2. The molecule has 0 aromatic carbocycles. The van der Waals surface area contributed by atoms with E-state index in [0.717, 1.165) is 0 Å². The maximum absolute atomic E-state index is 11.3. The van der Waals surface area contributed by atoms with Gasteiger partial charge in [0.1, 0.15) is 9.75 Å². The van der Waals surface area contributed by atoms with Crippen molar-refractivity contribution in [2.24, 2.45) is 11.8 Å². The average Bonchev–Trinajstić information content (AvgIpc) is 2.48. The van der Waals surface area contributed by atoms with Gasteiger partial charge >= 0.3 is 11.9 Å². The zero-order valence-electron chi connectivity index (χ0n) is 8.63. The molecule has 106 valence electrons. The molecule has 19 heavy (non-hydrogen) atoms. The molecular weight excluding hydrogens is 385 g/mol. The normalized spacial score (nSPS) is 43.7. The van der Waals surface area contributed by atoms with Crippen molar-refractivity contribution in [3.63, 3.8) is 0 Å². The van der Waals surface area contributed by atoms with Gasteiger partial charge in [-0.1, -0.05) is 46.4 Å². The number of allylic oxidation sites excluding steroid dienone is 2. The molecule has 2 aliphatic rings. The van der Waals surface area contributed by atoms with Crippen LogP contribution in [0.4, 0.5) is 0 Å². The first kappa shape index (κ1) is 15.8. The number of halogens is 6. The van der Waals surface area contributed by atoms with E-state index in [1.807, 2.05) is 0 Å². The molecule has 1 saturated carbocycles. The second kappa shape index (κ2) is 4.21. The molecule has 1 fully saturated rings. The largest absolute Gasteiger partial charge is 0.481 e. The van der Waals surface area contributed by atoms with Crippen LogP contribution in [0.15, 0.2) is 10.1 Å². The van der Waals surface area contributed by atoms with Gasteiger partial charge in [0.2, 0.25) is 0 Å². The van der Waals surface area contributed by atoms with Crippen LogP contribution in [-0.4, -0.2) is 36.2 Å². The van der Waals surface area contributed by atoms with Gasteiger partial charge < -0.3 is 10.2 Å². The van der Waals surface area contributed by atoms with Gasteiger partial charge in [-0.05, 0) is 0 Å². The van der Waals surface area contributed by atoms with Crippen LogP contribution in [0.25, 0.3) is 0 Å². The standard InChI is InChI=1S/C9H4Cl6O4/c10-3-4(11)8(13)2(6(18)19)1(5(16)17)7(3,12)9(8,14)15/h1-2H,(H,16,17)(H,18,19)/t1-,2+,7-,8+. The van der Waals surface area contributed by atoms with E-state index in [4.69, 9.17) is 69.6 Å². The van der Waals surface area contributed by atoms with Crippen LogP contribution in [0.3, 0.4) is 0 Å². The molecule has 2 aliphatic carbocycles. The molecule has 10 heteroatoms. The zero-order chi connectivity index (χ0) is 15.0. The Labute approximate surface area is 137 Å². The molecule has 4 atom stereocenters. The second-order valence-corrected chi connectivity index (χ2v) is 7.53. The first-order valence-electron chi connectivity index (χ1n) is 4.73. The lowest BCUT2D eigenvalue weighted by Crippen LogP contribution is -2.45. The first-order valence-corrected chi connectivity index (χ1v) is 7.00. The van der Waals surface area contributed by atoms with E-state index in [1.54, 1.807) is 0 Å². The van der Waals surface area contributed by atoms with Crippen molar-refractivity contribution in [2.75, 3.05) is 0 Å². The summed E-state index contributed by atoms with van der Waals surface area (Å²) in [5.74, 6) is -6.49. The lowest BCUT2D eigenvalue weighted by atomic mass is 9.82. The number of carbonyl (C=O) groups is 2. The highest BCUT2D eigenvalue weighted by Crippen LogP contribution is 2.76. The number of hydrogen-bond donors (Lipinski definition) is 2. The third-order valence-electron chi connectivity index (χ3n) is 3.47. The van der Waals surface area contributed by atoms with Crippen molar-refractivity contribution < 1.29 is 19.8 Å². The fourth-order valence-corrected chi connectivity index (χ4v) is 5.54. The molecule has 0 aromatic heterocycles. The summed E-state index contributed by atoms with van der Waals surface area (Å²) in [5.41, 5.74) is 0. The van der Waals surface area contributed by atoms with E-state index < -0.39 is 37.9 Å². The molecule has 2 bridgehead atoms. The lowest BCUT2D eigenvalue weighted by Gasteiger charge is -2.31. The molecule has 0 unspecified atom stereocenters. The number of alkyl halides is 4. The summed E-state index contributed by atoms with van der Waals surface area (Å²) in [6.07, 6.45) is 0. The van der Waals surface area contributed by atoms with Crippen LogP contribution >= 0.6 is 69.6 Å². The summed E-state index contributed by atoms with van der Waals surface area (Å²) in [6.45, 7) is 0. The highest BCUT2D eigenvalue weighted by molar-refractivity contribution is 6.66. The molecule has 0 saturated heterocycles. The highest BCUT2D eigenvalue weighted by atomic mass is 35.5. The molecule has 0 radical (unpaired) electrons. The van der Waals surface area contributed by atoms with Crippen LogP contribution in [0, 0.1) is 11.8 Å². The molecular formula is C9H4Cl6O4. The maximum atomic E-state index is 11.3.